The fourth-order valence-corrected chi connectivity index (χ4v) is 2.51. The van der Waals surface area contributed by atoms with E-state index in [0.29, 0.717) is 16.7 Å². The maximum Gasteiger partial charge on any atom is 0.306 e. The lowest BCUT2D eigenvalue weighted by Gasteiger charge is -2.12. The molecule has 0 saturated carbocycles. The van der Waals surface area contributed by atoms with E-state index in [9.17, 15) is 14.4 Å². The number of carbonyl (C=O) groups excluding carboxylic acids is 2. The average molecular weight is 345 g/mol. The van der Waals surface area contributed by atoms with Gasteiger partial charge in [0.05, 0.1) is 17.3 Å². The van der Waals surface area contributed by atoms with Crippen molar-refractivity contribution in [1.29, 1.82) is 0 Å². The van der Waals surface area contributed by atoms with Gasteiger partial charge in [-0.1, -0.05) is 25.5 Å². The number of esters is 1. The van der Waals surface area contributed by atoms with E-state index in [-0.39, 0.29) is 37.0 Å². The number of ether oxygens (including phenoxy) is 1. The van der Waals surface area contributed by atoms with Gasteiger partial charge in [0.1, 0.15) is 5.82 Å². The Kier molecular flexibility index (Phi) is 6.68. The Bertz CT molecular complexity index is 800. The molecule has 0 aliphatic carbocycles. The van der Waals surface area contributed by atoms with E-state index in [1.807, 2.05) is 13.8 Å². The molecule has 0 fully saturated rings. The summed E-state index contributed by atoms with van der Waals surface area (Å²) in [5.41, 5.74) is 0.345. The Morgan fingerprint density at radius 3 is 2.84 bits per heavy atom. The van der Waals surface area contributed by atoms with Crippen LogP contribution in [0.4, 0.5) is 0 Å². The van der Waals surface area contributed by atoms with Gasteiger partial charge in [0.2, 0.25) is 0 Å². The molecule has 0 unspecified atom stereocenters. The molecule has 0 aliphatic heterocycles. The first-order chi connectivity index (χ1) is 12.0. The van der Waals surface area contributed by atoms with E-state index in [4.69, 9.17) is 4.74 Å². The second-order valence-electron chi connectivity index (χ2n) is 5.95. The zero-order valence-electron chi connectivity index (χ0n) is 14.5. The highest BCUT2D eigenvalue weighted by atomic mass is 16.5. The number of benzene rings is 1. The van der Waals surface area contributed by atoms with Crippen molar-refractivity contribution in [3.05, 3.63) is 40.4 Å². The lowest BCUT2D eigenvalue weighted by atomic mass is 10.2. The third kappa shape index (κ3) is 5.70. The lowest BCUT2D eigenvalue weighted by Crippen LogP contribution is -2.35. The third-order valence-electron chi connectivity index (χ3n) is 3.72. The molecular formula is C18H23N3O4. The third-order valence-corrected chi connectivity index (χ3v) is 3.72. The van der Waals surface area contributed by atoms with Crippen molar-refractivity contribution in [2.24, 2.45) is 0 Å². The van der Waals surface area contributed by atoms with Crippen LogP contribution in [0, 0.1) is 0 Å². The fraction of sp³-hybridized carbons (Fsp3) is 0.444. The van der Waals surface area contributed by atoms with E-state index < -0.39 is 5.97 Å². The number of para-hydroxylation sites is 1. The summed E-state index contributed by atoms with van der Waals surface area (Å²) in [5.74, 6) is -0.401. The average Bonchev–Trinajstić information content (AvgIpc) is 2.58. The molecule has 2 aromatic rings. The van der Waals surface area contributed by atoms with E-state index in [2.05, 4.69) is 15.3 Å². The van der Waals surface area contributed by atoms with Gasteiger partial charge < -0.3 is 15.0 Å². The SMILES string of the molecule is CCC[C@@H](C)NC(=O)COC(=O)CCc1nc2ccccc2c(=O)[nH]1. The molecule has 7 nitrogen and oxygen atoms in total. The molecule has 0 saturated heterocycles. The predicted octanol–water partition coefficient (Wildman–Crippen LogP) is 1.70. The number of aromatic amines is 1. The van der Waals surface area contributed by atoms with Gasteiger partial charge in [-0.25, -0.2) is 4.98 Å². The van der Waals surface area contributed by atoms with Crippen molar-refractivity contribution in [2.75, 3.05) is 6.61 Å². The van der Waals surface area contributed by atoms with Gasteiger partial charge in [-0.3, -0.25) is 14.4 Å². The number of nitrogens with zero attached hydrogens (tertiary/aromatic N) is 1. The normalized spacial score (nSPS) is 11.9. The second kappa shape index (κ2) is 8.96. The molecule has 0 spiro atoms. The van der Waals surface area contributed by atoms with E-state index in [1.165, 1.54) is 0 Å². The van der Waals surface area contributed by atoms with Crippen LogP contribution in [0.3, 0.4) is 0 Å². The zero-order chi connectivity index (χ0) is 18.2. The second-order valence-corrected chi connectivity index (χ2v) is 5.95. The van der Waals surface area contributed by atoms with Gasteiger partial charge in [-0.2, -0.15) is 0 Å². The summed E-state index contributed by atoms with van der Waals surface area (Å²) in [4.78, 5) is 42.3. The maximum absolute atomic E-state index is 12.0. The summed E-state index contributed by atoms with van der Waals surface area (Å²) in [7, 11) is 0. The molecule has 1 aromatic heterocycles. The summed E-state index contributed by atoms with van der Waals surface area (Å²) in [5, 5.41) is 3.27. The molecule has 1 heterocycles. The summed E-state index contributed by atoms with van der Waals surface area (Å²) in [6.45, 7) is 3.65. The topological polar surface area (TPSA) is 101 Å². The standard InChI is InChI=1S/C18H23N3O4/c1-3-6-12(2)19-16(22)11-25-17(23)10-9-15-20-14-8-5-4-7-13(14)18(24)21-15/h4-5,7-8,12H,3,6,9-11H2,1-2H3,(H,19,22)(H,20,21,24)/t12-/m1/s1. The Morgan fingerprint density at radius 2 is 2.08 bits per heavy atom. The van der Waals surface area contributed by atoms with Crippen molar-refractivity contribution < 1.29 is 14.3 Å². The number of carbonyl (C=O) groups is 2. The minimum absolute atomic E-state index is 0.0407. The van der Waals surface area contributed by atoms with Crippen LogP contribution < -0.4 is 10.9 Å². The molecule has 1 aromatic carbocycles. The molecule has 1 amide bonds. The number of H-pyrrole nitrogens is 1. The van der Waals surface area contributed by atoms with E-state index >= 15 is 0 Å². The molecule has 25 heavy (non-hydrogen) atoms. The van der Waals surface area contributed by atoms with Crippen molar-refractivity contribution >= 4 is 22.8 Å². The summed E-state index contributed by atoms with van der Waals surface area (Å²) in [6.07, 6.45) is 2.13. The number of hydrogen-bond donors (Lipinski definition) is 2. The van der Waals surface area contributed by atoms with Crippen LogP contribution >= 0.6 is 0 Å². The Labute approximate surface area is 145 Å². The fourth-order valence-electron chi connectivity index (χ4n) is 2.51. The van der Waals surface area contributed by atoms with Crippen LogP contribution in [-0.2, 0) is 20.7 Å². The summed E-state index contributed by atoms with van der Waals surface area (Å²) < 4.78 is 4.95. The van der Waals surface area contributed by atoms with Crippen LogP contribution in [0.5, 0.6) is 0 Å². The van der Waals surface area contributed by atoms with Crippen molar-refractivity contribution in [1.82, 2.24) is 15.3 Å². The Balaban J connectivity index is 1.82. The van der Waals surface area contributed by atoms with Crippen LogP contribution in [0.25, 0.3) is 10.9 Å². The number of rotatable bonds is 8. The van der Waals surface area contributed by atoms with Gasteiger partial charge in [-0.05, 0) is 25.5 Å². The number of aromatic nitrogens is 2. The zero-order valence-corrected chi connectivity index (χ0v) is 14.5. The van der Waals surface area contributed by atoms with Crippen molar-refractivity contribution in [3.63, 3.8) is 0 Å². The molecular weight excluding hydrogens is 322 g/mol. The van der Waals surface area contributed by atoms with E-state index in [1.54, 1.807) is 24.3 Å². The summed E-state index contributed by atoms with van der Waals surface area (Å²) >= 11 is 0. The number of amides is 1. The van der Waals surface area contributed by atoms with Crippen LogP contribution in [0.1, 0.15) is 38.9 Å². The molecule has 0 aliphatic rings. The molecule has 0 bridgehead atoms. The number of nitrogens with one attached hydrogen (secondary N) is 2. The predicted molar refractivity (Wildman–Crippen MR) is 94.2 cm³/mol. The highest BCUT2D eigenvalue weighted by Crippen LogP contribution is 2.06. The summed E-state index contributed by atoms with van der Waals surface area (Å²) in [6, 6.07) is 7.06. The molecule has 2 rings (SSSR count). The molecule has 2 N–H and O–H groups in total. The monoisotopic (exact) mass is 345 g/mol. The first kappa shape index (κ1) is 18.6. The largest absolute Gasteiger partial charge is 0.456 e. The minimum Gasteiger partial charge on any atom is -0.456 e. The highest BCUT2D eigenvalue weighted by Gasteiger charge is 2.11. The van der Waals surface area contributed by atoms with Crippen LogP contribution in [0.15, 0.2) is 29.1 Å². The molecule has 1 atom stereocenters. The Morgan fingerprint density at radius 1 is 1.32 bits per heavy atom. The van der Waals surface area contributed by atoms with Crippen LogP contribution in [0.2, 0.25) is 0 Å². The highest BCUT2D eigenvalue weighted by molar-refractivity contribution is 5.80. The minimum atomic E-state index is -0.505. The molecule has 134 valence electrons. The van der Waals surface area contributed by atoms with Crippen molar-refractivity contribution in [3.8, 4) is 0 Å². The van der Waals surface area contributed by atoms with Gasteiger partial charge >= 0.3 is 5.97 Å². The number of hydrogen-bond acceptors (Lipinski definition) is 5. The van der Waals surface area contributed by atoms with Gasteiger partial charge in [0.25, 0.3) is 11.5 Å². The lowest BCUT2D eigenvalue weighted by molar-refractivity contribution is -0.148. The smallest absolute Gasteiger partial charge is 0.306 e. The van der Waals surface area contributed by atoms with Gasteiger partial charge in [0, 0.05) is 12.5 Å². The van der Waals surface area contributed by atoms with Crippen LogP contribution in [-0.4, -0.2) is 34.5 Å². The Hall–Kier alpha value is -2.70. The maximum atomic E-state index is 12.0. The van der Waals surface area contributed by atoms with Gasteiger partial charge in [-0.15, -0.1) is 0 Å². The molecule has 0 radical (unpaired) electrons. The molecule has 7 heteroatoms. The van der Waals surface area contributed by atoms with E-state index in [0.717, 1.165) is 12.8 Å². The number of aryl methyl sites for hydroxylation is 1. The van der Waals surface area contributed by atoms with Gasteiger partial charge in [0.15, 0.2) is 6.61 Å². The first-order valence-corrected chi connectivity index (χ1v) is 8.42. The first-order valence-electron chi connectivity index (χ1n) is 8.42. The quantitative estimate of drug-likeness (QED) is 0.709. The van der Waals surface area contributed by atoms with Crippen molar-refractivity contribution in [2.45, 2.75) is 45.6 Å². The number of fused-ring (bicyclic) bond motifs is 1.